The number of benzene rings is 2. The van der Waals surface area contributed by atoms with Crippen molar-refractivity contribution in [3.63, 3.8) is 0 Å². The molecule has 1 unspecified atom stereocenters. The van der Waals surface area contributed by atoms with Crippen molar-refractivity contribution in [2.75, 3.05) is 5.32 Å². The fraction of sp³-hybridized carbons (Fsp3) is 0.381. The van der Waals surface area contributed by atoms with E-state index in [9.17, 15) is 9.90 Å². The summed E-state index contributed by atoms with van der Waals surface area (Å²) in [5, 5.41) is 16.6. The SMILES string of the molecule is Cc1ccc(NC(C(=O)NC2CCCCC2)c2ccccc2)c(O)c1. The maximum absolute atomic E-state index is 12.9. The van der Waals surface area contributed by atoms with E-state index in [1.54, 1.807) is 6.07 Å². The average molecular weight is 338 g/mol. The van der Waals surface area contributed by atoms with Gasteiger partial charge in [0.1, 0.15) is 11.8 Å². The summed E-state index contributed by atoms with van der Waals surface area (Å²) in [6.45, 7) is 1.92. The van der Waals surface area contributed by atoms with E-state index in [1.807, 2.05) is 49.4 Å². The molecular weight excluding hydrogens is 312 g/mol. The van der Waals surface area contributed by atoms with Crippen LogP contribution >= 0.6 is 0 Å². The molecule has 0 heterocycles. The monoisotopic (exact) mass is 338 g/mol. The Morgan fingerprint density at radius 1 is 1.08 bits per heavy atom. The van der Waals surface area contributed by atoms with Crippen molar-refractivity contribution in [1.29, 1.82) is 0 Å². The van der Waals surface area contributed by atoms with E-state index in [1.165, 1.54) is 19.3 Å². The van der Waals surface area contributed by atoms with E-state index in [-0.39, 0.29) is 17.7 Å². The lowest BCUT2D eigenvalue weighted by atomic mass is 9.95. The molecule has 1 aliphatic carbocycles. The van der Waals surface area contributed by atoms with E-state index in [0.717, 1.165) is 24.0 Å². The molecule has 0 spiro atoms. The molecule has 0 bridgehead atoms. The van der Waals surface area contributed by atoms with Crippen LogP contribution in [-0.2, 0) is 4.79 Å². The molecule has 1 amide bonds. The number of hydrogen-bond acceptors (Lipinski definition) is 3. The molecule has 25 heavy (non-hydrogen) atoms. The number of hydrogen-bond donors (Lipinski definition) is 3. The molecule has 132 valence electrons. The number of rotatable bonds is 5. The van der Waals surface area contributed by atoms with E-state index < -0.39 is 6.04 Å². The summed E-state index contributed by atoms with van der Waals surface area (Å²) in [5.74, 6) is 0.115. The molecule has 0 aromatic heterocycles. The third-order valence-corrected chi connectivity index (χ3v) is 4.80. The van der Waals surface area contributed by atoms with E-state index >= 15 is 0 Å². The second kappa shape index (κ2) is 8.06. The molecule has 4 nitrogen and oxygen atoms in total. The van der Waals surface area contributed by atoms with Crippen LogP contribution in [-0.4, -0.2) is 17.1 Å². The maximum atomic E-state index is 12.9. The van der Waals surface area contributed by atoms with Gasteiger partial charge in [0.25, 0.3) is 0 Å². The van der Waals surface area contributed by atoms with Gasteiger partial charge in [-0.3, -0.25) is 4.79 Å². The molecule has 1 saturated carbocycles. The second-order valence-corrected chi connectivity index (χ2v) is 6.85. The average Bonchev–Trinajstić information content (AvgIpc) is 2.62. The van der Waals surface area contributed by atoms with Gasteiger partial charge in [0.2, 0.25) is 5.91 Å². The molecule has 1 aliphatic rings. The molecule has 1 atom stereocenters. The zero-order chi connectivity index (χ0) is 17.6. The highest BCUT2D eigenvalue weighted by molar-refractivity contribution is 5.86. The Morgan fingerprint density at radius 3 is 2.48 bits per heavy atom. The first-order chi connectivity index (χ1) is 12.1. The van der Waals surface area contributed by atoms with Crippen molar-refractivity contribution in [1.82, 2.24) is 5.32 Å². The lowest BCUT2D eigenvalue weighted by molar-refractivity contribution is -0.122. The first-order valence-corrected chi connectivity index (χ1v) is 9.05. The first-order valence-electron chi connectivity index (χ1n) is 9.05. The van der Waals surface area contributed by atoms with Crippen molar-refractivity contribution in [3.8, 4) is 5.75 Å². The predicted molar refractivity (Wildman–Crippen MR) is 101 cm³/mol. The summed E-state index contributed by atoms with van der Waals surface area (Å²) < 4.78 is 0. The molecule has 4 heteroatoms. The number of anilines is 1. The Bertz CT molecular complexity index is 709. The quantitative estimate of drug-likeness (QED) is 0.712. The Morgan fingerprint density at radius 2 is 1.80 bits per heavy atom. The number of amides is 1. The standard InChI is InChI=1S/C21H26N2O2/c1-15-12-13-18(19(24)14-15)23-20(16-8-4-2-5-9-16)21(25)22-17-10-6-3-7-11-17/h2,4-5,8-9,12-14,17,20,23-24H,3,6-7,10-11H2,1H3,(H,22,25). The van der Waals surface area contributed by atoms with Gasteiger partial charge < -0.3 is 15.7 Å². The number of carbonyl (C=O) groups is 1. The van der Waals surface area contributed by atoms with Crippen LogP contribution in [0.15, 0.2) is 48.5 Å². The first kappa shape index (κ1) is 17.3. The van der Waals surface area contributed by atoms with Crippen molar-refractivity contribution < 1.29 is 9.90 Å². The van der Waals surface area contributed by atoms with Crippen LogP contribution in [0.5, 0.6) is 5.75 Å². The third-order valence-electron chi connectivity index (χ3n) is 4.80. The molecule has 3 N–H and O–H groups in total. The summed E-state index contributed by atoms with van der Waals surface area (Å²) >= 11 is 0. The lowest BCUT2D eigenvalue weighted by Gasteiger charge is -2.27. The number of aryl methyl sites for hydroxylation is 1. The minimum atomic E-state index is -0.531. The fourth-order valence-corrected chi connectivity index (χ4v) is 3.40. The van der Waals surface area contributed by atoms with Crippen molar-refractivity contribution in [2.24, 2.45) is 0 Å². The molecule has 2 aromatic rings. The zero-order valence-electron chi connectivity index (χ0n) is 14.7. The summed E-state index contributed by atoms with van der Waals surface area (Å²) in [6.07, 6.45) is 5.69. The predicted octanol–water partition coefficient (Wildman–Crippen LogP) is 4.30. The van der Waals surface area contributed by atoms with Gasteiger partial charge in [-0.05, 0) is 43.0 Å². The molecule has 0 aliphatic heterocycles. The van der Waals surface area contributed by atoms with Crippen LogP contribution in [0, 0.1) is 6.92 Å². The summed E-state index contributed by atoms with van der Waals surface area (Å²) in [5.41, 5.74) is 2.43. The number of phenols is 1. The zero-order valence-corrected chi connectivity index (χ0v) is 14.7. The number of nitrogens with one attached hydrogen (secondary N) is 2. The largest absolute Gasteiger partial charge is 0.506 e. The van der Waals surface area contributed by atoms with Crippen molar-refractivity contribution in [2.45, 2.75) is 51.1 Å². The molecule has 1 fully saturated rings. The molecule has 2 aromatic carbocycles. The normalized spacial score (nSPS) is 16.2. The second-order valence-electron chi connectivity index (χ2n) is 6.85. The minimum absolute atomic E-state index is 0.0434. The Balaban J connectivity index is 1.80. The molecule has 3 rings (SSSR count). The van der Waals surface area contributed by atoms with Crippen LogP contribution in [0.3, 0.4) is 0 Å². The van der Waals surface area contributed by atoms with Crippen LogP contribution in [0.4, 0.5) is 5.69 Å². The van der Waals surface area contributed by atoms with Crippen LogP contribution < -0.4 is 10.6 Å². The number of carbonyl (C=O) groups excluding carboxylic acids is 1. The van der Waals surface area contributed by atoms with Gasteiger partial charge in [0, 0.05) is 6.04 Å². The van der Waals surface area contributed by atoms with Crippen LogP contribution in [0.1, 0.15) is 49.3 Å². The lowest BCUT2D eigenvalue weighted by Crippen LogP contribution is -2.41. The Kier molecular flexibility index (Phi) is 5.59. The fourth-order valence-electron chi connectivity index (χ4n) is 3.40. The van der Waals surface area contributed by atoms with Crippen LogP contribution in [0.2, 0.25) is 0 Å². The smallest absolute Gasteiger partial charge is 0.247 e. The molecular formula is C21H26N2O2. The Hall–Kier alpha value is -2.49. The topological polar surface area (TPSA) is 61.4 Å². The molecule has 0 radical (unpaired) electrons. The van der Waals surface area contributed by atoms with Gasteiger partial charge >= 0.3 is 0 Å². The van der Waals surface area contributed by atoms with Gasteiger partial charge in [-0.25, -0.2) is 0 Å². The number of aromatic hydroxyl groups is 1. The van der Waals surface area contributed by atoms with E-state index in [0.29, 0.717) is 5.69 Å². The van der Waals surface area contributed by atoms with E-state index in [4.69, 9.17) is 0 Å². The van der Waals surface area contributed by atoms with Gasteiger partial charge in [-0.2, -0.15) is 0 Å². The highest BCUT2D eigenvalue weighted by atomic mass is 16.3. The van der Waals surface area contributed by atoms with E-state index in [2.05, 4.69) is 10.6 Å². The van der Waals surface area contributed by atoms with Gasteiger partial charge in [0.15, 0.2) is 0 Å². The maximum Gasteiger partial charge on any atom is 0.247 e. The Labute approximate surface area is 149 Å². The van der Waals surface area contributed by atoms with Crippen molar-refractivity contribution in [3.05, 3.63) is 59.7 Å². The number of phenolic OH excluding ortho intramolecular Hbond substituents is 1. The van der Waals surface area contributed by atoms with Gasteiger partial charge in [-0.1, -0.05) is 55.7 Å². The van der Waals surface area contributed by atoms with Gasteiger partial charge in [0.05, 0.1) is 5.69 Å². The summed E-state index contributed by atoms with van der Waals surface area (Å²) in [6, 6.07) is 14.8. The highest BCUT2D eigenvalue weighted by Crippen LogP contribution is 2.29. The summed E-state index contributed by atoms with van der Waals surface area (Å²) in [4.78, 5) is 12.9. The highest BCUT2D eigenvalue weighted by Gasteiger charge is 2.24. The minimum Gasteiger partial charge on any atom is -0.506 e. The third kappa shape index (κ3) is 4.53. The summed E-state index contributed by atoms with van der Waals surface area (Å²) in [7, 11) is 0. The molecule has 0 saturated heterocycles. The van der Waals surface area contributed by atoms with Crippen LogP contribution in [0.25, 0.3) is 0 Å². The van der Waals surface area contributed by atoms with Gasteiger partial charge in [-0.15, -0.1) is 0 Å². The van der Waals surface area contributed by atoms with Crippen molar-refractivity contribution >= 4 is 11.6 Å².